The van der Waals surface area contributed by atoms with Gasteiger partial charge in [0, 0.05) is 29.5 Å². The smallest absolute Gasteiger partial charge is 0.280 e. The van der Waals surface area contributed by atoms with E-state index in [1.165, 1.54) is 0 Å². The second kappa shape index (κ2) is 7.59. The molecule has 0 atom stereocenters. The van der Waals surface area contributed by atoms with Gasteiger partial charge in [0.25, 0.3) is 11.8 Å². The van der Waals surface area contributed by atoms with Crippen LogP contribution in [-0.4, -0.2) is 49.0 Å². The third-order valence-corrected chi connectivity index (χ3v) is 5.20. The average molecular weight is 431 g/mol. The maximum atomic E-state index is 12.7. The Morgan fingerprint density at radius 1 is 1.33 bits per heavy atom. The number of rotatable bonds is 4. The van der Waals surface area contributed by atoms with Crippen LogP contribution in [0.5, 0.6) is 0 Å². The number of hydrogen-bond donors (Lipinski definition) is 0. The Balaban J connectivity index is 1.40. The number of likely N-dealkylation sites (tertiary alicyclic amines) is 1. The fourth-order valence-corrected chi connectivity index (χ4v) is 3.59. The summed E-state index contributed by atoms with van der Waals surface area (Å²) in [6.07, 6.45) is 4.20. The third-order valence-electron chi connectivity index (χ3n) is 4.71. The number of aromatic nitrogens is 5. The number of carbonyl (C=O) groups is 1. The van der Waals surface area contributed by atoms with Crippen molar-refractivity contribution in [1.82, 2.24) is 30.0 Å². The average Bonchev–Trinajstić information content (AvgIpc) is 3.37. The lowest BCUT2D eigenvalue weighted by Crippen LogP contribution is -2.39. The largest absolute Gasteiger partial charge is 0.338 e. The molecule has 3 aromatic rings. The molecule has 3 heterocycles. The van der Waals surface area contributed by atoms with Gasteiger partial charge in [0.1, 0.15) is 0 Å². The Labute approximate surface area is 164 Å². The van der Waals surface area contributed by atoms with E-state index < -0.39 is 0 Å². The molecule has 9 heteroatoms. The molecule has 1 aliphatic heterocycles. The number of piperidine rings is 1. The first-order valence-corrected chi connectivity index (χ1v) is 9.73. The van der Waals surface area contributed by atoms with Crippen molar-refractivity contribution in [2.75, 3.05) is 13.1 Å². The standard InChI is InChI=1S/C18H19BrN6O2/c1-2-16-20-17(27-22-16)15-11-25(23-21-15)14-6-8-24(9-7-14)18(26)12-4-3-5-13(19)10-12/h3-5,10-11,14H,2,6-9H2,1H3. The predicted octanol–water partition coefficient (Wildman–Crippen LogP) is 3.13. The van der Waals surface area contributed by atoms with Gasteiger partial charge in [-0.1, -0.05) is 39.3 Å². The van der Waals surface area contributed by atoms with Crippen molar-refractivity contribution in [2.24, 2.45) is 0 Å². The second-order valence-corrected chi connectivity index (χ2v) is 7.40. The SMILES string of the molecule is CCc1noc(-c2cn(C3CCN(C(=O)c4cccc(Br)c4)CC3)nn2)n1. The highest BCUT2D eigenvalue weighted by atomic mass is 79.9. The topological polar surface area (TPSA) is 89.9 Å². The first-order valence-electron chi connectivity index (χ1n) is 8.93. The molecule has 1 saturated heterocycles. The van der Waals surface area contributed by atoms with Crippen molar-refractivity contribution in [1.29, 1.82) is 0 Å². The molecule has 0 bridgehead atoms. The molecule has 2 aromatic heterocycles. The molecule has 0 radical (unpaired) electrons. The molecule has 1 aliphatic rings. The van der Waals surface area contributed by atoms with Gasteiger partial charge in [-0.05, 0) is 31.0 Å². The molecule has 27 heavy (non-hydrogen) atoms. The van der Waals surface area contributed by atoms with Crippen LogP contribution in [0, 0.1) is 0 Å². The molecule has 0 N–H and O–H groups in total. The lowest BCUT2D eigenvalue weighted by molar-refractivity contribution is 0.0689. The minimum Gasteiger partial charge on any atom is -0.338 e. The van der Waals surface area contributed by atoms with E-state index in [2.05, 4.69) is 36.4 Å². The van der Waals surface area contributed by atoms with E-state index in [1.807, 2.05) is 47.0 Å². The zero-order valence-corrected chi connectivity index (χ0v) is 16.5. The number of carbonyl (C=O) groups excluding carboxylic acids is 1. The van der Waals surface area contributed by atoms with Gasteiger partial charge in [0.15, 0.2) is 11.5 Å². The number of amides is 1. The Morgan fingerprint density at radius 2 is 2.15 bits per heavy atom. The van der Waals surface area contributed by atoms with E-state index in [4.69, 9.17) is 4.52 Å². The Kier molecular flexibility index (Phi) is 5.02. The van der Waals surface area contributed by atoms with Crippen LogP contribution in [0.2, 0.25) is 0 Å². The lowest BCUT2D eigenvalue weighted by Gasteiger charge is -2.31. The maximum Gasteiger partial charge on any atom is 0.280 e. The highest BCUT2D eigenvalue weighted by Crippen LogP contribution is 2.25. The molecule has 1 fully saturated rings. The molecule has 8 nitrogen and oxygen atoms in total. The number of aryl methyl sites for hydroxylation is 1. The molecule has 0 aliphatic carbocycles. The van der Waals surface area contributed by atoms with Crippen molar-refractivity contribution in [3.8, 4) is 11.6 Å². The fourth-order valence-electron chi connectivity index (χ4n) is 3.19. The van der Waals surface area contributed by atoms with Gasteiger partial charge in [-0.2, -0.15) is 4.98 Å². The van der Waals surface area contributed by atoms with Gasteiger partial charge < -0.3 is 9.42 Å². The summed E-state index contributed by atoms with van der Waals surface area (Å²) in [6, 6.07) is 7.69. The summed E-state index contributed by atoms with van der Waals surface area (Å²) >= 11 is 3.42. The Bertz CT molecular complexity index is 945. The number of benzene rings is 1. The molecule has 140 valence electrons. The Hall–Kier alpha value is -2.55. The highest BCUT2D eigenvalue weighted by Gasteiger charge is 2.26. The highest BCUT2D eigenvalue weighted by molar-refractivity contribution is 9.10. The monoisotopic (exact) mass is 430 g/mol. The van der Waals surface area contributed by atoms with Crippen LogP contribution in [0.1, 0.15) is 42.0 Å². The van der Waals surface area contributed by atoms with Gasteiger partial charge in [0.05, 0.1) is 12.2 Å². The third kappa shape index (κ3) is 3.78. The van der Waals surface area contributed by atoms with Crippen molar-refractivity contribution in [3.05, 3.63) is 46.3 Å². The zero-order chi connectivity index (χ0) is 18.8. The van der Waals surface area contributed by atoms with Crippen LogP contribution in [-0.2, 0) is 6.42 Å². The van der Waals surface area contributed by atoms with Crippen LogP contribution in [0.25, 0.3) is 11.6 Å². The van der Waals surface area contributed by atoms with Gasteiger partial charge in [-0.25, -0.2) is 4.68 Å². The van der Waals surface area contributed by atoms with E-state index >= 15 is 0 Å². The summed E-state index contributed by atoms with van der Waals surface area (Å²) in [5, 5.41) is 12.3. The number of nitrogens with zero attached hydrogens (tertiary/aromatic N) is 6. The normalized spacial score (nSPS) is 15.3. The van der Waals surface area contributed by atoms with E-state index in [1.54, 1.807) is 0 Å². The summed E-state index contributed by atoms with van der Waals surface area (Å²) in [7, 11) is 0. The summed E-state index contributed by atoms with van der Waals surface area (Å²) in [5.41, 5.74) is 1.28. The molecular formula is C18H19BrN6O2. The predicted molar refractivity (Wildman–Crippen MR) is 101 cm³/mol. The van der Waals surface area contributed by atoms with E-state index in [9.17, 15) is 4.79 Å². The fraction of sp³-hybridized carbons (Fsp3) is 0.389. The first kappa shape index (κ1) is 17.8. The molecule has 0 spiro atoms. The van der Waals surface area contributed by atoms with Gasteiger partial charge >= 0.3 is 0 Å². The number of hydrogen-bond acceptors (Lipinski definition) is 6. The quantitative estimate of drug-likeness (QED) is 0.631. The zero-order valence-electron chi connectivity index (χ0n) is 14.9. The van der Waals surface area contributed by atoms with Crippen LogP contribution < -0.4 is 0 Å². The Morgan fingerprint density at radius 3 is 2.85 bits per heavy atom. The summed E-state index contributed by atoms with van der Waals surface area (Å²) < 4.78 is 7.96. The van der Waals surface area contributed by atoms with E-state index in [0.29, 0.717) is 42.5 Å². The van der Waals surface area contributed by atoms with Gasteiger partial charge in [-0.15, -0.1) is 5.10 Å². The number of halogens is 1. The van der Waals surface area contributed by atoms with Crippen LogP contribution in [0.3, 0.4) is 0 Å². The molecule has 1 aromatic carbocycles. The van der Waals surface area contributed by atoms with Crippen LogP contribution in [0.4, 0.5) is 0 Å². The molecule has 0 saturated carbocycles. The molecular weight excluding hydrogens is 412 g/mol. The second-order valence-electron chi connectivity index (χ2n) is 6.49. The molecule has 1 amide bonds. The minimum atomic E-state index is 0.0620. The van der Waals surface area contributed by atoms with Crippen molar-refractivity contribution >= 4 is 21.8 Å². The van der Waals surface area contributed by atoms with Crippen LogP contribution in [0.15, 0.2) is 39.5 Å². The lowest BCUT2D eigenvalue weighted by atomic mass is 10.0. The van der Waals surface area contributed by atoms with Crippen molar-refractivity contribution in [2.45, 2.75) is 32.2 Å². The van der Waals surface area contributed by atoms with Crippen LogP contribution >= 0.6 is 15.9 Å². The van der Waals surface area contributed by atoms with Gasteiger partial charge in [-0.3, -0.25) is 4.79 Å². The molecule has 0 unspecified atom stereocenters. The van der Waals surface area contributed by atoms with Crippen molar-refractivity contribution < 1.29 is 9.32 Å². The van der Waals surface area contributed by atoms with E-state index in [-0.39, 0.29) is 11.9 Å². The molecule has 4 rings (SSSR count). The summed E-state index contributed by atoms with van der Waals surface area (Å²) in [6.45, 7) is 3.34. The van der Waals surface area contributed by atoms with Crippen molar-refractivity contribution in [3.63, 3.8) is 0 Å². The van der Waals surface area contributed by atoms with E-state index in [0.717, 1.165) is 17.3 Å². The van der Waals surface area contributed by atoms with Gasteiger partial charge in [0.2, 0.25) is 0 Å². The maximum absolute atomic E-state index is 12.7. The summed E-state index contributed by atoms with van der Waals surface area (Å²) in [5.74, 6) is 1.10. The minimum absolute atomic E-state index is 0.0620. The summed E-state index contributed by atoms with van der Waals surface area (Å²) in [4.78, 5) is 18.8. The first-order chi connectivity index (χ1) is 13.1.